The zero-order valence-electron chi connectivity index (χ0n) is 18.6. The lowest BCUT2D eigenvalue weighted by atomic mass is 9.90. The van der Waals surface area contributed by atoms with E-state index in [2.05, 4.69) is 28.5 Å². The topological polar surface area (TPSA) is 79.4 Å². The Hall–Kier alpha value is -2.55. The smallest absolute Gasteiger partial charge is 0.244 e. The van der Waals surface area contributed by atoms with Crippen LogP contribution in [0.4, 0.5) is 5.13 Å². The van der Waals surface area contributed by atoms with Crippen molar-refractivity contribution >= 4 is 32.4 Å². The first-order valence-corrected chi connectivity index (χ1v) is 13.7. The van der Waals surface area contributed by atoms with Crippen molar-refractivity contribution in [3.05, 3.63) is 64.5 Å². The number of aromatic nitrogens is 1. The van der Waals surface area contributed by atoms with Crippen LogP contribution in [-0.4, -0.2) is 36.2 Å². The molecule has 0 radical (unpaired) electrons. The fraction of sp³-hybridized carbons (Fsp3) is 0.360. The van der Waals surface area contributed by atoms with Gasteiger partial charge in [-0.1, -0.05) is 29.8 Å². The van der Waals surface area contributed by atoms with Gasteiger partial charge in [0.15, 0.2) is 5.13 Å². The predicted molar refractivity (Wildman–Crippen MR) is 131 cm³/mol. The minimum absolute atomic E-state index is 0.219. The first-order valence-electron chi connectivity index (χ1n) is 11.4. The largest absolute Gasteiger partial charge is 0.301 e. The number of anilines is 1. The van der Waals surface area contributed by atoms with E-state index in [0.717, 1.165) is 29.7 Å². The van der Waals surface area contributed by atoms with Gasteiger partial charge in [0.1, 0.15) is 6.04 Å². The minimum Gasteiger partial charge on any atom is -0.301 e. The Kier molecular flexibility index (Phi) is 6.07. The number of aryl methyl sites for hydroxylation is 3. The molecular formula is C25H27N3O3S2. The second-order valence-corrected chi connectivity index (χ2v) is 11.6. The molecule has 3 aromatic rings. The summed E-state index contributed by atoms with van der Waals surface area (Å²) in [4.78, 5) is 17.9. The summed E-state index contributed by atoms with van der Waals surface area (Å²) < 4.78 is 27.6. The van der Waals surface area contributed by atoms with E-state index in [9.17, 15) is 13.2 Å². The molecule has 1 aliphatic carbocycles. The number of nitrogens with zero attached hydrogens (tertiary/aromatic N) is 2. The molecule has 2 heterocycles. The Balaban J connectivity index is 1.31. The number of sulfonamides is 1. The van der Waals surface area contributed by atoms with Crippen LogP contribution < -0.4 is 5.32 Å². The van der Waals surface area contributed by atoms with Crippen LogP contribution in [0.15, 0.2) is 52.7 Å². The summed E-state index contributed by atoms with van der Waals surface area (Å²) in [7, 11) is -3.73. The van der Waals surface area contributed by atoms with E-state index in [1.165, 1.54) is 39.6 Å². The number of carbonyl (C=O) groups is 1. The number of benzene rings is 2. The molecule has 1 N–H and O–H groups in total. The molecule has 172 valence electrons. The van der Waals surface area contributed by atoms with Crippen LogP contribution in [0.25, 0.3) is 11.3 Å². The number of hydrogen-bond acceptors (Lipinski definition) is 5. The lowest BCUT2D eigenvalue weighted by Crippen LogP contribution is -2.43. The van der Waals surface area contributed by atoms with Crippen LogP contribution in [0.2, 0.25) is 0 Å². The monoisotopic (exact) mass is 481 g/mol. The molecule has 2 aromatic carbocycles. The number of rotatable bonds is 5. The molecule has 1 amide bonds. The van der Waals surface area contributed by atoms with Gasteiger partial charge in [-0.25, -0.2) is 13.4 Å². The summed E-state index contributed by atoms with van der Waals surface area (Å²) in [6.45, 7) is 2.25. The number of amides is 1. The lowest BCUT2D eigenvalue weighted by molar-refractivity contribution is -0.119. The molecular weight excluding hydrogens is 454 g/mol. The van der Waals surface area contributed by atoms with Crippen molar-refractivity contribution in [2.24, 2.45) is 0 Å². The van der Waals surface area contributed by atoms with E-state index in [-0.39, 0.29) is 10.8 Å². The van der Waals surface area contributed by atoms with Crippen molar-refractivity contribution in [3.63, 3.8) is 0 Å². The van der Waals surface area contributed by atoms with Gasteiger partial charge in [0, 0.05) is 17.5 Å². The van der Waals surface area contributed by atoms with Crippen molar-refractivity contribution in [3.8, 4) is 11.3 Å². The molecule has 1 aromatic heterocycles. The quantitative estimate of drug-likeness (QED) is 0.568. The fourth-order valence-corrected chi connectivity index (χ4v) is 7.06. The van der Waals surface area contributed by atoms with E-state index >= 15 is 0 Å². The first-order chi connectivity index (χ1) is 15.9. The van der Waals surface area contributed by atoms with E-state index in [1.807, 2.05) is 12.3 Å². The molecule has 5 rings (SSSR count). The van der Waals surface area contributed by atoms with Crippen LogP contribution in [0, 0.1) is 6.92 Å². The Morgan fingerprint density at radius 2 is 1.82 bits per heavy atom. The van der Waals surface area contributed by atoms with Gasteiger partial charge in [-0.3, -0.25) is 4.79 Å². The molecule has 1 fully saturated rings. The average Bonchev–Trinajstić information content (AvgIpc) is 3.49. The van der Waals surface area contributed by atoms with Crippen LogP contribution in [0.1, 0.15) is 42.4 Å². The summed E-state index contributed by atoms with van der Waals surface area (Å²) >= 11 is 1.36. The van der Waals surface area contributed by atoms with Gasteiger partial charge in [0.2, 0.25) is 15.9 Å². The number of carbonyl (C=O) groups excluding carboxylic acids is 1. The molecule has 0 saturated carbocycles. The summed E-state index contributed by atoms with van der Waals surface area (Å²) in [6.07, 6.45) is 5.86. The molecule has 0 bridgehead atoms. The van der Waals surface area contributed by atoms with E-state index < -0.39 is 16.1 Å². The van der Waals surface area contributed by atoms with E-state index in [0.29, 0.717) is 24.5 Å². The van der Waals surface area contributed by atoms with Gasteiger partial charge in [-0.15, -0.1) is 11.3 Å². The Bertz CT molecular complexity index is 1280. The maximum absolute atomic E-state index is 13.2. The van der Waals surface area contributed by atoms with Gasteiger partial charge >= 0.3 is 0 Å². The maximum Gasteiger partial charge on any atom is 0.244 e. The van der Waals surface area contributed by atoms with Gasteiger partial charge in [-0.2, -0.15) is 4.31 Å². The number of fused-ring (bicyclic) bond motifs is 1. The second kappa shape index (κ2) is 9.00. The lowest BCUT2D eigenvalue weighted by Gasteiger charge is -2.23. The average molecular weight is 482 g/mol. The summed E-state index contributed by atoms with van der Waals surface area (Å²) in [5.41, 5.74) is 5.68. The highest BCUT2D eigenvalue weighted by atomic mass is 32.2. The van der Waals surface area contributed by atoms with Crippen molar-refractivity contribution < 1.29 is 13.2 Å². The van der Waals surface area contributed by atoms with Crippen LogP contribution in [-0.2, 0) is 27.7 Å². The van der Waals surface area contributed by atoms with Gasteiger partial charge in [-0.05, 0) is 74.8 Å². The van der Waals surface area contributed by atoms with Crippen molar-refractivity contribution in [2.45, 2.75) is 56.4 Å². The number of nitrogens with one attached hydrogen (secondary N) is 1. The summed E-state index contributed by atoms with van der Waals surface area (Å²) in [5.74, 6) is -0.325. The highest BCUT2D eigenvalue weighted by Gasteiger charge is 2.39. The third-order valence-corrected chi connectivity index (χ3v) is 9.19. The molecule has 2 aliphatic rings. The Morgan fingerprint density at radius 1 is 1.06 bits per heavy atom. The summed E-state index contributed by atoms with van der Waals surface area (Å²) in [6, 6.07) is 12.5. The zero-order valence-corrected chi connectivity index (χ0v) is 20.2. The zero-order chi connectivity index (χ0) is 23.0. The highest BCUT2D eigenvalue weighted by Crippen LogP contribution is 2.31. The SMILES string of the molecule is Cc1ccc(S(=O)(=O)N2CCCC2C(=O)Nc2nc(-c3ccc4c(c3)CCCC4)cs2)cc1. The van der Waals surface area contributed by atoms with E-state index in [4.69, 9.17) is 0 Å². The minimum atomic E-state index is -3.73. The molecule has 1 aliphatic heterocycles. The molecule has 1 unspecified atom stereocenters. The Labute approximate surface area is 198 Å². The van der Waals surface area contributed by atoms with Crippen LogP contribution in [0.3, 0.4) is 0 Å². The van der Waals surface area contributed by atoms with Gasteiger partial charge in [0.25, 0.3) is 0 Å². The second-order valence-electron chi connectivity index (χ2n) is 8.80. The third kappa shape index (κ3) is 4.47. The third-order valence-electron chi connectivity index (χ3n) is 6.51. The van der Waals surface area contributed by atoms with Crippen molar-refractivity contribution in [1.29, 1.82) is 0 Å². The fourth-order valence-electron chi connectivity index (χ4n) is 4.68. The van der Waals surface area contributed by atoms with Gasteiger partial charge in [0.05, 0.1) is 10.6 Å². The molecule has 8 heteroatoms. The van der Waals surface area contributed by atoms with Crippen LogP contribution >= 0.6 is 11.3 Å². The molecule has 6 nitrogen and oxygen atoms in total. The van der Waals surface area contributed by atoms with Crippen LogP contribution in [0.5, 0.6) is 0 Å². The highest BCUT2D eigenvalue weighted by molar-refractivity contribution is 7.89. The van der Waals surface area contributed by atoms with E-state index in [1.54, 1.807) is 24.3 Å². The number of thiazole rings is 1. The standard InChI is InChI=1S/C25H27N3O3S2/c1-17-8-12-21(13-9-17)33(30,31)28-14-4-7-23(28)24(29)27-25-26-22(16-32-25)20-11-10-18-5-2-3-6-19(18)15-20/h8-13,15-16,23H,2-7,14H2,1H3,(H,26,27,29). The maximum atomic E-state index is 13.2. The van der Waals surface area contributed by atoms with Crippen molar-refractivity contribution in [2.75, 3.05) is 11.9 Å². The molecule has 0 spiro atoms. The molecule has 1 atom stereocenters. The predicted octanol–water partition coefficient (Wildman–Crippen LogP) is 4.79. The van der Waals surface area contributed by atoms with Crippen molar-refractivity contribution in [1.82, 2.24) is 9.29 Å². The molecule has 1 saturated heterocycles. The van der Waals surface area contributed by atoms with Gasteiger partial charge < -0.3 is 5.32 Å². The molecule has 33 heavy (non-hydrogen) atoms. The summed E-state index contributed by atoms with van der Waals surface area (Å²) in [5, 5.41) is 5.29. The Morgan fingerprint density at radius 3 is 2.61 bits per heavy atom. The first kappa shape index (κ1) is 22.3. The normalized spacial score (nSPS) is 18.8. The number of hydrogen-bond donors (Lipinski definition) is 1.